The standard InChI is InChI=1S/C25H29N5O4/c1-14-11-19(23(32)29-25(26)27)21(34-2)13-18(14)15-7-9-30(10-8-15)24(33)17-3-5-20-16(12-17)4-6-22(31)28-20/h3,5,11-13,15H,4,6-10H2,1-2H3,(H,28,31)(H4,26,27,29,32). The monoisotopic (exact) mass is 463 g/mol. The smallest absolute Gasteiger partial charge is 0.283 e. The third-order valence-electron chi connectivity index (χ3n) is 6.52. The molecule has 178 valence electrons. The van der Waals surface area contributed by atoms with Crippen molar-refractivity contribution in [1.29, 1.82) is 0 Å². The predicted molar refractivity (Wildman–Crippen MR) is 129 cm³/mol. The molecule has 0 spiro atoms. The van der Waals surface area contributed by atoms with E-state index >= 15 is 0 Å². The number of aryl methyl sites for hydroxylation is 2. The lowest BCUT2D eigenvalue weighted by molar-refractivity contribution is -0.116. The highest BCUT2D eigenvalue weighted by Gasteiger charge is 2.27. The van der Waals surface area contributed by atoms with Crippen LogP contribution < -0.4 is 21.5 Å². The number of carbonyl (C=O) groups excluding carboxylic acids is 3. The van der Waals surface area contributed by atoms with Gasteiger partial charge in [0.05, 0.1) is 12.7 Å². The summed E-state index contributed by atoms with van der Waals surface area (Å²) >= 11 is 0. The largest absolute Gasteiger partial charge is 0.496 e. The predicted octanol–water partition coefficient (Wildman–Crippen LogP) is 2.32. The van der Waals surface area contributed by atoms with Gasteiger partial charge in [-0.25, -0.2) is 0 Å². The van der Waals surface area contributed by atoms with E-state index in [-0.39, 0.29) is 23.7 Å². The van der Waals surface area contributed by atoms with Gasteiger partial charge in [0.25, 0.3) is 11.8 Å². The average Bonchev–Trinajstić information content (AvgIpc) is 2.82. The Morgan fingerprint density at radius 2 is 1.85 bits per heavy atom. The van der Waals surface area contributed by atoms with Crippen molar-refractivity contribution >= 4 is 29.4 Å². The molecule has 0 radical (unpaired) electrons. The molecule has 34 heavy (non-hydrogen) atoms. The van der Waals surface area contributed by atoms with Crippen LogP contribution in [-0.2, 0) is 11.2 Å². The zero-order valence-corrected chi connectivity index (χ0v) is 19.4. The number of rotatable bonds is 4. The van der Waals surface area contributed by atoms with Crippen LogP contribution in [-0.4, -0.2) is 48.8 Å². The molecular formula is C25H29N5O4. The highest BCUT2D eigenvalue weighted by Crippen LogP contribution is 2.35. The van der Waals surface area contributed by atoms with Crippen molar-refractivity contribution in [3.8, 4) is 5.75 Å². The van der Waals surface area contributed by atoms with Crippen molar-refractivity contribution in [1.82, 2.24) is 4.90 Å². The number of anilines is 1. The first-order chi connectivity index (χ1) is 16.3. The molecule has 2 aliphatic heterocycles. The zero-order valence-electron chi connectivity index (χ0n) is 19.4. The molecular weight excluding hydrogens is 434 g/mol. The van der Waals surface area contributed by atoms with Crippen LogP contribution in [0.2, 0.25) is 0 Å². The van der Waals surface area contributed by atoms with Crippen LogP contribution in [0.15, 0.2) is 35.3 Å². The maximum Gasteiger partial charge on any atom is 0.283 e. The van der Waals surface area contributed by atoms with E-state index in [0.29, 0.717) is 42.8 Å². The van der Waals surface area contributed by atoms with Crippen molar-refractivity contribution in [3.05, 3.63) is 58.1 Å². The third kappa shape index (κ3) is 4.73. The minimum atomic E-state index is -0.545. The summed E-state index contributed by atoms with van der Waals surface area (Å²) in [5, 5.41) is 2.85. The summed E-state index contributed by atoms with van der Waals surface area (Å²) in [6, 6.07) is 9.12. The number of methoxy groups -OCH3 is 1. The molecule has 0 aliphatic carbocycles. The quantitative estimate of drug-likeness (QED) is 0.470. The maximum absolute atomic E-state index is 13.1. The van der Waals surface area contributed by atoms with Crippen molar-refractivity contribution in [2.24, 2.45) is 16.5 Å². The highest BCUT2D eigenvalue weighted by molar-refractivity contribution is 6.04. The first-order valence-electron chi connectivity index (χ1n) is 11.3. The summed E-state index contributed by atoms with van der Waals surface area (Å²) in [4.78, 5) is 42.5. The number of nitrogens with two attached hydrogens (primary N) is 2. The van der Waals surface area contributed by atoms with Crippen molar-refractivity contribution in [2.75, 3.05) is 25.5 Å². The Morgan fingerprint density at radius 1 is 1.12 bits per heavy atom. The van der Waals surface area contributed by atoms with Crippen LogP contribution in [0, 0.1) is 6.92 Å². The molecule has 4 rings (SSSR count). The van der Waals surface area contributed by atoms with E-state index in [1.165, 1.54) is 7.11 Å². The number of fused-ring (bicyclic) bond motifs is 1. The molecule has 2 aliphatic rings. The van der Waals surface area contributed by atoms with Gasteiger partial charge in [0.2, 0.25) is 5.91 Å². The van der Waals surface area contributed by atoms with Crippen molar-refractivity contribution in [3.63, 3.8) is 0 Å². The molecule has 3 amide bonds. The number of benzene rings is 2. The lowest BCUT2D eigenvalue weighted by Gasteiger charge is -2.33. The number of likely N-dealkylation sites (tertiary alicyclic amines) is 1. The van der Waals surface area contributed by atoms with Crippen molar-refractivity contribution in [2.45, 2.75) is 38.5 Å². The van der Waals surface area contributed by atoms with Gasteiger partial charge in [-0.3, -0.25) is 14.4 Å². The van der Waals surface area contributed by atoms with E-state index in [0.717, 1.165) is 35.2 Å². The fraction of sp³-hybridized carbons (Fsp3) is 0.360. The van der Waals surface area contributed by atoms with Gasteiger partial charge in [-0.05, 0) is 79.1 Å². The van der Waals surface area contributed by atoms with Crippen LogP contribution in [0.25, 0.3) is 0 Å². The number of amides is 3. The SMILES string of the molecule is COc1cc(C2CCN(C(=O)c3ccc4c(c3)CCC(=O)N4)CC2)c(C)cc1C(=O)N=C(N)N. The van der Waals surface area contributed by atoms with E-state index < -0.39 is 5.91 Å². The first kappa shape index (κ1) is 23.3. The minimum absolute atomic E-state index is 0.00521. The number of piperidine rings is 1. The van der Waals surface area contributed by atoms with Gasteiger partial charge in [0, 0.05) is 30.8 Å². The molecule has 0 unspecified atom stereocenters. The number of carbonyl (C=O) groups is 3. The lowest BCUT2D eigenvalue weighted by atomic mass is 9.85. The average molecular weight is 464 g/mol. The normalized spacial score (nSPS) is 15.8. The summed E-state index contributed by atoms with van der Waals surface area (Å²) in [6.07, 6.45) is 2.69. The topological polar surface area (TPSA) is 140 Å². The molecule has 2 aromatic carbocycles. The second-order valence-corrected chi connectivity index (χ2v) is 8.74. The number of hydrogen-bond acceptors (Lipinski definition) is 4. The van der Waals surface area contributed by atoms with E-state index in [9.17, 15) is 14.4 Å². The molecule has 0 bridgehead atoms. The Hall–Kier alpha value is -3.88. The highest BCUT2D eigenvalue weighted by atomic mass is 16.5. The van der Waals surface area contributed by atoms with E-state index in [1.807, 2.05) is 30.0 Å². The number of aliphatic imine (C=N–C) groups is 1. The number of nitrogens with one attached hydrogen (secondary N) is 1. The summed E-state index contributed by atoms with van der Waals surface area (Å²) in [5.41, 5.74) is 15.5. The Bertz CT molecular complexity index is 1180. The molecule has 0 saturated carbocycles. The van der Waals surface area contributed by atoms with Crippen LogP contribution in [0.1, 0.15) is 62.6 Å². The summed E-state index contributed by atoms with van der Waals surface area (Å²) in [7, 11) is 1.51. The second kappa shape index (κ2) is 9.54. The molecule has 1 saturated heterocycles. The van der Waals surface area contributed by atoms with Gasteiger partial charge in [0.15, 0.2) is 5.96 Å². The molecule has 9 nitrogen and oxygen atoms in total. The number of hydrogen-bond donors (Lipinski definition) is 3. The molecule has 0 aromatic heterocycles. The lowest BCUT2D eigenvalue weighted by Crippen LogP contribution is -2.38. The molecule has 5 N–H and O–H groups in total. The summed E-state index contributed by atoms with van der Waals surface area (Å²) in [5.74, 6) is -0.162. The van der Waals surface area contributed by atoms with Gasteiger partial charge in [-0.15, -0.1) is 0 Å². The Labute approximate surface area is 198 Å². The van der Waals surface area contributed by atoms with Crippen LogP contribution >= 0.6 is 0 Å². The summed E-state index contributed by atoms with van der Waals surface area (Å²) < 4.78 is 5.44. The molecule has 2 heterocycles. The van der Waals surface area contributed by atoms with Crippen LogP contribution in [0.3, 0.4) is 0 Å². The molecule has 0 atom stereocenters. The Morgan fingerprint density at radius 3 is 2.53 bits per heavy atom. The Kier molecular flexibility index (Phi) is 6.54. The van der Waals surface area contributed by atoms with Crippen LogP contribution in [0.5, 0.6) is 5.75 Å². The number of guanidine groups is 1. The molecule has 1 fully saturated rings. The third-order valence-corrected chi connectivity index (χ3v) is 6.52. The molecule has 9 heteroatoms. The fourth-order valence-electron chi connectivity index (χ4n) is 4.75. The maximum atomic E-state index is 13.1. The van der Waals surface area contributed by atoms with E-state index in [1.54, 1.807) is 12.1 Å². The first-order valence-corrected chi connectivity index (χ1v) is 11.3. The van der Waals surface area contributed by atoms with Crippen molar-refractivity contribution < 1.29 is 19.1 Å². The van der Waals surface area contributed by atoms with Gasteiger partial charge >= 0.3 is 0 Å². The van der Waals surface area contributed by atoms with E-state index in [4.69, 9.17) is 16.2 Å². The summed E-state index contributed by atoms with van der Waals surface area (Å²) in [6.45, 7) is 3.21. The number of nitrogens with zero attached hydrogens (tertiary/aromatic N) is 2. The van der Waals surface area contributed by atoms with Gasteiger partial charge in [-0.2, -0.15) is 4.99 Å². The van der Waals surface area contributed by atoms with E-state index in [2.05, 4.69) is 10.3 Å². The zero-order chi connectivity index (χ0) is 24.4. The Balaban J connectivity index is 1.46. The van der Waals surface area contributed by atoms with Crippen LogP contribution in [0.4, 0.5) is 5.69 Å². The number of ether oxygens (including phenoxy) is 1. The minimum Gasteiger partial charge on any atom is -0.496 e. The van der Waals surface area contributed by atoms with Gasteiger partial charge < -0.3 is 26.4 Å². The van der Waals surface area contributed by atoms with Gasteiger partial charge in [-0.1, -0.05) is 0 Å². The fourth-order valence-corrected chi connectivity index (χ4v) is 4.75. The second-order valence-electron chi connectivity index (χ2n) is 8.74. The van der Waals surface area contributed by atoms with Gasteiger partial charge in [0.1, 0.15) is 5.75 Å². The molecule has 2 aromatic rings.